The number of rotatable bonds is 6. The summed E-state index contributed by atoms with van der Waals surface area (Å²) in [5.74, 6) is 0.316. The summed E-state index contributed by atoms with van der Waals surface area (Å²) in [6.45, 7) is 6.00. The molecule has 1 unspecified atom stereocenters. The molecule has 2 N–H and O–H groups in total. The number of aromatic nitrogens is 4. The molecular formula is C21H21N5O5. The van der Waals surface area contributed by atoms with Crippen LogP contribution in [-0.2, 0) is 6.54 Å². The highest BCUT2D eigenvalue weighted by Crippen LogP contribution is 2.25. The van der Waals surface area contributed by atoms with Crippen molar-refractivity contribution in [2.45, 2.75) is 33.4 Å². The van der Waals surface area contributed by atoms with Crippen LogP contribution in [0.3, 0.4) is 0 Å². The monoisotopic (exact) mass is 423 g/mol. The van der Waals surface area contributed by atoms with Crippen molar-refractivity contribution < 1.29 is 13.7 Å². The van der Waals surface area contributed by atoms with Crippen molar-refractivity contribution in [3.8, 4) is 11.4 Å². The molecule has 0 bridgehead atoms. The average Bonchev–Trinajstić information content (AvgIpc) is 3.45. The number of hydrogen-bond acceptors (Lipinski definition) is 7. The zero-order chi connectivity index (χ0) is 22.1. The van der Waals surface area contributed by atoms with Gasteiger partial charge in [0.25, 0.3) is 5.91 Å². The van der Waals surface area contributed by atoms with Crippen LogP contribution in [-0.4, -0.2) is 25.6 Å². The van der Waals surface area contributed by atoms with E-state index in [-0.39, 0.29) is 23.5 Å². The topological polar surface area (TPSA) is 136 Å². The molecule has 0 aliphatic rings. The fourth-order valence-corrected chi connectivity index (χ4v) is 3.34. The van der Waals surface area contributed by atoms with Crippen LogP contribution >= 0.6 is 0 Å². The SMILES string of the molecule is CCn1c(=O)c(=O)[nH]c2cc(-c3noc(C(NC(=O)c4ccco4)C(C)C)n3)ccc21. The standard InChI is InChI=1S/C21H21N5O5/c1-4-26-14-8-7-12(10-13(14)22-19(28)21(26)29)17-24-20(31-25-17)16(11(2)3)23-18(27)15-6-5-9-30-15/h5-11,16H,4H2,1-3H3,(H,22,28)(H,23,27). The Labute approximate surface area is 175 Å². The third-order valence-electron chi connectivity index (χ3n) is 4.96. The van der Waals surface area contributed by atoms with E-state index in [9.17, 15) is 14.4 Å². The maximum absolute atomic E-state index is 12.4. The summed E-state index contributed by atoms with van der Waals surface area (Å²) in [6, 6.07) is 7.82. The van der Waals surface area contributed by atoms with Crippen molar-refractivity contribution in [2.75, 3.05) is 0 Å². The predicted octanol–water partition coefficient (Wildman–Crippen LogP) is 2.48. The summed E-state index contributed by atoms with van der Waals surface area (Å²) in [4.78, 5) is 43.4. The minimum absolute atomic E-state index is 0.0286. The zero-order valence-electron chi connectivity index (χ0n) is 17.2. The highest BCUT2D eigenvalue weighted by Gasteiger charge is 2.26. The van der Waals surface area contributed by atoms with Gasteiger partial charge in [-0.15, -0.1) is 0 Å². The first kappa shape index (κ1) is 20.3. The Bertz CT molecular complexity index is 1350. The van der Waals surface area contributed by atoms with Crippen LogP contribution < -0.4 is 16.4 Å². The van der Waals surface area contributed by atoms with Gasteiger partial charge in [0.2, 0.25) is 11.7 Å². The smallest absolute Gasteiger partial charge is 0.316 e. The molecule has 31 heavy (non-hydrogen) atoms. The Morgan fingerprint density at radius 2 is 2.06 bits per heavy atom. The van der Waals surface area contributed by atoms with Crippen molar-refractivity contribution >= 4 is 16.9 Å². The average molecular weight is 423 g/mol. The van der Waals surface area contributed by atoms with E-state index in [4.69, 9.17) is 8.94 Å². The molecule has 4 aromatic rings. The van der Waals surface area contributed by atoms with E-state index in [1.807, 2.05) is 13.8 Å². The van der Waals surface area contributed by atoms with Crippen molar-refractivity contribution in [2.24, 2.45) is 5.92 Å². The van der Waals surface area contributed by atoms with Crippen molar-refractivity contribution in [1.29, 1.82) is 0 Å². The van der Waals surface area contributed by atoms with E-state index in [1.54, 1.807) is 37.3 Å². The van der Waals surface area contributed by atoms with Crippen LogP contribution in [0.5, 0.6) is 0 Å². The van der Waals surface area contributed by atoms with Gasteiger partial charge in [-0.05, 0) is 43.2 Å². The second kappa shape index (κ2) is 8.05. The van der Waals surface area contributed by atoms with Crippen LogP contribution in [0, 0.1) is 5.92 Å². The van der Waals surface area contributed by atoms with Gasteiger partial charge in [0, 0.05) is 12.1 Å². The highest BCUT2D eigenvalue weighted by molar-refractivity contribution is 5.91. The van der Waals surface area contributed by atoms with Crippen molar-refractivity contribution in [3.05, 3.63) is 69.0 Å². The van der Waals surface area contributed by atoms with Crippen LogP contribution in [0.25, 0.3) is 22.4 Å². The number of nitrogens with one attached hydrogen (secondary N) is 2. The number of benzene rings is 1. The zero-order valence-corrected chi connectivity index (χ0v) is 17.2. The van der Waals surface area contributed by atoms with Crippen molar-refractivity contribution in [3.63, 3.8) is 0 Å². The van der Waals surface area contributed by atoms with Gasteiger partial charge >= 0.3 is 11.1 Å². The van der Waals surface area contributed by atoms with Crippen LogP contribution in [0.15, 0.2) is 55.1 Å². The number of aromatic amines is 1. The van der Waals surface area contributed by atoms with Gasteiger partial charge in [0.15, 0.2) is 5.76 Å². The fourth-order valence-electron chi connectivity index (χ4n) is 3.34. The Hall–Kier alpha value is -3.95. The molecule has 1 atom stereocenters. The largest absolute Gasteiger partial charge is 0.459 e. The highest BCUT2D eigenvalue weighted by atomic mass is 16.5. The Morgan fingerprint density at radius 3 is 2.74 bits per heavy atom. The Morgan fingerprint density at radius 1 is 1.26 bits per heavy atom. The van der Waals surface area contributed by atoms with Gasteiger partial charge < -0.3 is 23.8 Å². The Kier molecular flexibility index (Phi) is 5.28. The van der Waals surface area contributed by atoms with Crippen LogP contribution in [0.1, 0.15) is 43.3 Å². The number of H-pyrrole nitrogens is 1. The van der Waals surface area contributed by atoms with E-state index in [1.165, 1.54) is 10.8 Å². The number of amides is 1. The molecule has 160 valence electrons. The number of fused-ring (bicyclic) bond motifs is 1. The van der Waals surface area contributed by atoms with Gasteiger partial charge in [-0.2, -0.15) is 4.98 Å². The van der Waals surface area contributed by atoms with E-state index in [0.29, 0.717) is 29.0 Å². The molecule has 0 aliphatic heterocycles. The molecule has 0 aliphatic carbocycles. The van der Waals surface area contributed by atoms with Gasteiger partial charge in [-0.3, -0.25) is 14.4 Å². The minimum atomic E-state index is -0.694. The van der Waals surface area contributed by atoms with E-state index in [0.717, 1.165) is 0 Å². The molecule has 1 aromatic carbocycles. The summed E-state index contributed by atoms with van der Waals surface area (Å²) in [7, 11) is 0. The number of carbonyl (C=O) groups excluding carboxylic acids is 1. The summed E-state index contributed by atoms with van der Waals surface area (Å²) >= 11 is 0. The van der Waals surface area contributed by atoms with Gasteiger partial charge in [-0.25, -0.2) is 0 Å². The Balaban J connectivity index is 1.67. The molecule has 10 nitrogen and oxygen atoms in total. The summed E-state index contributed by atoms with van der Waals surface area (Å²) in [5, 5.41) is 6.87. The molecule has 0 fully saturated rings. The lowest BCUT2D eigenvalue weighted by atomic mass is 10.0. The molecule has 0 radical (unpaired) electrons. The molecule has 0 saturated heterocycles. The molecule has 10 heteroatoms. The maximum atomic E-state index is 12.4. The minimum Gasteiger partial charge on any atom is -0.459 e. The summed E-state index contributed by atoms with van der Waals surface area (Å²) in [6.07, 6.45) is 1.42. The van der Waals surface area contributed by atoms with Crippen LogP contribution in [0.2, 0.25) is 0 Å². The van der Waals surface area contributed by atoms with E-state index in [2.05, 4.69) is 20.4 Å². The molecule has 1 amide bonds. The number of carbonyl (C=O) groups is 1. The first-order valence-corrected chi connectivity index (χ1v) is 9.84. The van der Waals surface area contributed by atoms with Crippen LogP contribution in [0.4, 0.5) is 0 Å². The molecule has 4 rings (SSSR count). The second-order valence-electron chi connectivity index (χ2n) is 7.36. The van der Waals surface area contributed by atoms with Gasteiger partial charge in [-0.1, -0.05) is 19.0 Å². The third-order valence-corrected chi connectivity index (χ3v) is 4.96. The molecule has 0 saturated carbocycles. The number of hydrogen-bond donors (Lipinski definition) is 2. The molecule has 3 aromatic heterocycles. The summed E-state index contributed by atoms with van der Waals surface area (Å²) < 4.78 is 12.0. The molecule has 3 heterocycles. The maximum Gasteiger partial charge on any atom is 0.316 e. The molecule has 0 spiro atoms. The van der Waals surface area contributed by atoms with E-state index < -0.39 is 17.2 Å². The second-order valence-corrected chi connectivity index (χ2v) is 7.36. The third kappa shape index (κ3) is 3.79. The van der Waals surface area contributed by atoms with E-state index >= 15 is 0 Å². The number of nitrogens with zero attached hydrogens (tertiary/aromatic N) is 3. The lowest BCUT2D eigenvalue weighted by molar-refractivity contribution is 0.0885. The van der Waals surface area contributed by atoms with Gasteiger partial charge in [0.05, 0.1) is 17.3 Å². The lowest BCUT2D eigenvalue weighted by Crippen LogP contribution is -2.35. The first-order chi connectivity index (χ1) is 14.9. The number of furan rings is 1. The number of aryl methyl sites for hydroxylation is 1. The fraction of sp³-hybridized carbons (Fsp3) is 0.286. The lowest BCUT2D eigenvalue weighted by Gasteiger charge is -2.17. The van der Waals surface area contributed by atoms with Gasteiger partial charge in [0.1, 0.15) is 6.04 Å². The predicted molar refractivity (Wildman–Crippen MR) is 112 cm³/mol. The van der Waals surface area contributed by atoms with Crippen molar-refractivity contribution in [1.82, 2.24) is 25.0 Å². The normalized spacial score (nSPS) is 12.4. The molecular weight excluding hydrogens is 402 g/mol. The first-order valence-electron chi connectivity index (χ1n) is 9.84. The quantitative estimate of drug-likeness (QED) is 0.455. The summed E-state index contributed by atoms with van der Waals surface area (Å²) in [5.41, 5.74) is 0.393.